The van der Waals surface area contributed by atoms with Crippen LogP contribution in [-0.4, -0.2) is 31.2 Å². The SMILES string of the molecule is [K+].[K+].[O-]B([O-])OC1(F)C(F)=C(F)C(F)C(F)(F)C1(F)F. The van der Waals surface area contributed by atoms with Gasteiger partial charge in [0.25, 0.3) is 0 Å². The smallest absolute Gasteiger partial charge is 0.871 e. The largest absolute Gasteiger partial charge is 1.00 e. The Hall–Kier alpha value is 2.40. The van der Waals surface area contributed by atoms with Crippen LogP contribution in [0.25, 0.3) is 0 Å². The van der Waals surface area contributed by atoms with Gasteiger partial charge >= 0.3 is 120 Å². The maximum absolute atomic E-state index is 13.2. The molecule has 0 spiro atoms. The summed E-state index contributed by atoms with van der Waals surface area (Å²) in [5, 5.41) is 19.7. The van der Waals surface area contributed by atoms with E-state index in [0.717, 1.165) is 0 Å². The van der Waals surface area contributed by atoms with Crippen molar-refractivity contribution < 1.29 is 153 Å². The molecular weight excluding hydrogens is 361 g/mol. The molecule has 0 fully saturated rings. The first-order valence-electron chi connectivity index (χ1n) is 4.03. The van der Waals surface area contributed by atoms with E-state index >= 15 is 0 Å². The van der Waals surface area contributed by atoms with Gasteiger partial charge in [0.05, 0.1) is 7.32 Å². The molecule has 0 radical (unpaired) electrons. The van der Waals surface area contributed by atoms with Crippen molar-refractivity contribution in [1.82, 2.24) is 0 Å². The van der Waals surface area contributed by atoms with Crippen LogP contribution in [0.15, 0.2) is 11.7 Å². The van der Waals surface area contributed by atoms with Gasteiger partial charge in [0.15, 0.2) is 5.83 Å². The van der Waals surface area contributed by atoms with E-state index < -0.39 is 42.8 Å². The van der Waals surface area contributed by atoms with Crippen molar-refractivity contribution in [2.75, 3.05) is 0 Å². The summed E-state index contributed by atoms with van der Waals surface area (Å²) >= 11 is 0. The minimum absolute atomic E-state index is 0. The first-order chi connectivity index (χ1) is 7.89. The molecule has 1 aliphatic carbocycles. The van der Waals surface area contributed by atoms with Gasteiger partial charge in [-0.05, 0) is 0 Å². The molecule has 2 unspecified atom stereocenters. The molecule has 0 amide bonds. The van der Waals surface area contributed by atoms with E-state index in [0.29, 0.717) is 0 Å². The second-order valence-electron chi connectivity index (χ2n) is 3.22. The average molecular weight is 362 g/mol. The van der Waals surface area contributed by atoms with Crippen LogP contribution < -0.4 is 113 Å². The monoisotopic (exact) mass is 362 g/mol. The summed E-state index contributed by atoms with van der Waals surface area (Å²) in [5.74, 6) is -24.6. The molecule has 0 aliphatic heterocycles. The van der Waals surface area contributed by atoms with Gasteiger partial charge in [-0.3, -0.25) is 0 Å². The fourth-order valence-corrected chi connectivity index (χ4v) is 1.19. The summed E-state index contributed by atoms with van der Waals surface area (Å²) in [6.45, 7) is 0. The minimum atomic E-state index is -6.29. The van der Waals surface area contributed by atoms with Gasteiger partial charge in [-0.2, -0.15) is 22.0 Å². The Morgan fingerprint density at radius 2 is 1.40 bits per heavy atom. The number of rotatable bonds is 2. The molecular formula is C6HBF8K2O3. The molecule has 14 heteroatoms. The Morgan fingerprint density at radius 3 is 1.75 bits per heavy atom. The van der Waals surface area contributed by atoms with Crippen molar-refractivity contribution in [1.29, 1.82) is 0 Å². The fraction of sp³-hybridized carbons (Fsp3) is 0.667. The Balaban J connectivity index is 0. The van der Waals surface area contributed by atoms with Gasteiger partial charge in [0.2, 0.25) is 12.0 Å². The predicted molar refractivity (Wildman–Crippen MR) is 34.7 cm³/mol. The number of hydrogen-bond acceptors (Lipinski definition) is 3. The zero-order valence-electron chi connectivity index (χ0n) is 9.90. The van der Waals surface area contributed by atoms with Crippen molar-refractivity contribution in [2.45, 2.75) is 23.9 Å². The van der Waals surface area contributed by atoms with Crippen LogP contribution in [0.4, 0.5) is 35.1 Å². The predicted octanol–water partition coefficient (Wildman–Crippen LogP) is -5.84. The molecule has 0 heterocycles. The Labute approximate surface area is 192 Å². The zero-order chi connectivity index (χ0) is 14.5. The van der Waals surface area contributed by atoms with Crippen LogP contribution in [0.1, 0.15) is 0 Å². The third kappa shape index (κ3) is 3.72. The minimum Gasteiger partial charge on any atom is -0.871 e. The third-order valence-electron chi connectivity index (χ3n) is 2.11. The molecule has 0 aromatic rings. The van der Waals surface area contributed by atoms with E-state index in [9.17, 15) is 45.2 Å². The maximum Gasteiger partial charge on any atom is 1.00 e. The van der Waals surface area contributed by atoms with Crippen molar-refractivity contribution in [3.8, 4) is 0 Å². The molecule has 0 aromatic carbocycles. The van der Waals surface area contributed by atoms with Gasteiger partial charge < -0.3 is 14.7 Å². The molecule has 0 saturated carbocycles. The zero-order valence-corrected chi connectivity index (χ0v) is 16.1. The topological polar surface area (TPSA) is 55.3 Å². The first-order valence-corrected chi connectivity index (χ1v) is 4.03. The molecule has 20 heavy (non-hydrogen) atoms. The van der Waals surface area contributed by atoms with Gasteiger partial charge in [-0.1, -0.05) is 0 Å². The summed E-state index contributed by atoms with van der Waals surface area (Å²) in [6.07, 6.45) is -4.48. The Kier molecular flexibility index (Phi) is 9.84. The first kappa shape index (κ1) is 24.6. The van der Waals surface area contributed by atoms with Crippen LogP contribution in [-0.2, 0) is 4.65 Å². The van der Waals surface area contributed by atoms with Gasteiger partial charge in [0.1, 0.15) is 0 Å². The summed E-state index contributed by atoms with van der Waals surface area (Å²) in [5.41, 5.74) is 0. The van der Waals surface area contributed by atoms with Crippen LogP contribution in [0.2, 0.25) is 0 Å². The third-order valence-corrected chi connectivity index (χ3v) is 2.11. The standard InChI is InChI=1S/C6HBF8O3.2K/c8-1-2(9)4(11,12)6(14,15)5(13,3(1)10)18-7(16)17;;/h2H;;/q-2;2*+1. The van der Waals surface area contributed by atoms with Gasteiger partial charge in [-0.15, -0.1) is 0 Å². The Bertz CT molecular complexity index is 394. The molecule has 1 rings (SSSR count). The van der Waals surface area contributed by atoms with Crippen LogP contribution in [0.5, 0.6) is 0 Å². The normalized spacial score (nSPS) is 31.2. The number of alkyl halides is 6. The summed E-state index contributed by atoms with van der Waals surface area (Å²) in [7, 11) is -3.97. The molecule has 0 aromatic heterocycles. The van der Waals surface area contributed by atoms with Crippen molar-refractivity contribution in [3.05, 3.63) is 11.7 Å². The van der Waals surface area contributed by atoms with Crippen molar-refractivity contribution in [2.24, 2.45) is 0 Å². The molecule has 104 valence electrons. The molecule has 1 aliphatic rings. The molecule has 0 bridgehead atoms. The van der Waals surface area contributed by atoms with Crippen LogP contribution in [0, 0.1) is 0 Å². The van der Waals surface area contributed by atoms with Gasteiger partial charge in [-0.25, -0.2) is 13.2 Å². The quantitative estimate of drug-likeness (QED) is 0.363. The van der Waals surface area contributed by atoms with E-state index in [1.54, 1.807) is 0 Å². The van der Waals surface area contributed by atoms with E-state index in [4.69, 9.17) is 0 Å². The second kappa shape index (κ2) is 7.98. The van der Waals surface area contributed by atoms with E-state index in [2.05, 4.69) is 4.65 Å². The fourth-order valence-electron chi connectivity index (χ4n) is 1.19. The van der Waals surface area contributed by atoms with Crippen LogP contribution in [0.3, 0.4) is 0 Å². The van der Waals surface area contributed by atoms with Crippen LogP contribution >= 0.6 is 0 Å². The summed E-state index contributed by atoms with van der Waals surface area (Å²) < 4.78 is 105. The average Bonchev–Trinajstić information content (AvgIpc) is 2.22. The van der Waals surface area contributed by atoms with E-state index in [1.165, 1.54) is 0 Å². The van der Waals surface area contributed by atoms with E-state index in [-0.39, 0.29) is 103 Å². The number of allylic oxidation sites excluding steroid dienone is 1. The Morgan fingerprint density at radius 1 is 1.00 bits per heavy atom. The summed E-state index contributed by atoms with van der Waals surface area (Å²) in [4.78, 5) is 0. The van der Waals surface area contributed by atoms with E-state index in [1.807, 2.05) is 0 Å². The molecule has 3 nitrogen and oxygen atoms in total. The molecule has 2 atom stereocenters. The van der Waals surface area contributed by atoms with Crippen molar-refractivity contribution in [3.63, 3.8) is 0 Å². The van der Waals surface area contributed by atoms with Gasteiger partial charge in [0, 0.05) is 0 Å². The van der Waals surface area contributed by atoms with Crippen molar-refractivity contribution >= 4 is 7.32 Å². The number of hydrogen-bond donors (Lipinski definition) is 0. The summed E-state index contributed by atoms with van der Waals surface area (Å²) in [6, 6.07) is 0. The molecule has 0 saturated heterocycles. The molecule has 0 N–H and O–H groups in total. The number of halogens is 8. The maximum atomic E-state index is 13.2. The second-order valence-corrected chi connectivity index (χ2v) is 3.22.